The van der Waals surface area contributed by atoms with Gasteiger partial charge < -0.3 is 10.2 Å². The number of nitrogens with zero attached hydrogens (tertiary/aromatic N) is 1. The van der Waals surface area contributed by atoms with Crippen molar-refractivity contribution in [3.05, 3.63) is 48.0 Å². The molecule has 0 radical (unpaired) electrons. The highest BCUT2D eigenvalue weighted by molar-refractivity contribution is 5.78. The van der Waals surface area contributed by atoms with Crippen LogP contribution in [0.25, 0.3) is 0 Å². The fraction of sp³-hybridized carbons (Fsp3) is 0.471. The molecule has 1 aromatic carbocycles. The number of aryl methyl sites for hydroxylation is 1. The normalized spacial score (nSPS) is 18.6. The van der Waals surface area contributed by atoms with Crippen molar-refractivity contribution in [3.8, 4) is 0 Å². The number of likely N-dealkylation sites (tertiary alicyclic amines) is 1. The second-order valence-electron chi connectivity index (χ2n) is 5.42. The number of amides is 1. The summed E-state index contributed by atoms with van der Waals surface area (Å²) in [7, 11) is 0. The minimum Gasteiger partial charge on any atom is -0.335 e. The van der Waals surface area contributed by atoms with Crippen LogP contribution in [0.5, 0.6) is 0 Å². The minimum atomic E-state index is 0.293. The van der Waals surface area contributed by atoms with Gasteiger partial charge in [-0.15, -0.1) is 6.58 Å². The summed E-state index contributed by atoms with van der Waals surface area (Å²) in [5.41, 5.74) is 2.52. The summed E-state index contributed by atoms with van der Waals surface area (Å²) in [6, 6.07) is 8.69. The van der Waals surface area contributed by atoms with E-state index in [0.717, 1.165) is 32.5 Å². The summed E-state index contributed by atoms with van der Waals surface area (Å²) in [5.74, 6) is 0.293. The molecule has 0 aromatic heterocycles. The molecule has 108 valence electrons. The van der Waals surface area contributed by atoms with Crippen molar-refractivity contribution in [1.29, 1.82) is 0 Å². The zero-order chi connectivity index (χ0) is 14.4. The van der Waals surface area contributed by atoms with Crippen LogP contribution in [-0.2, 0) is 11.3 Å². The van der Waals surface area contributed by atoms with Crippen LogP contribution < -0.4 is 5.32 Å². The predicted octanol–water partition coefficient (Wildman–Crippen LogP) is 2.65. The number of carbonyl (C=O) groups excluding carboxylic acids is 1. The predicted molar refractivity (Wildman–Crippen MR) is 82.4 cm³/mol. The fourth-order valence-electron chi connectivity index (χ4n) is 2.75. The van der Waals surface area contributed by atoms with Crippen LogP contribution in [0.3, 0.4) is 0 Å². The SMILES string of the molecule is C=CCNCC[C@@H]1CCC(=O)N1Cc1ccccc1C. The van der Waals surface area contributed by atoms with Crippen LogP contribution in [0.2, 0.25) is 0 Å². The number of rotatable bonds is 7. The zero-order valence-corrected chi connectivity index (χ0v) is 12.3. The molecule has 2 rings (SSSR count). The Balaban J connectivity index is 1.94. The maximum atomic E-state index is 12.1. The van der Waals surface area contributed by atoms with Crippen LogP contribution in [0, 0.1) is 6.92 Å². The van der Waals surface area contributed by atoms with Crippen molar-refractivity contribution >= 4 is 5.91 Å². The molecule has 1 aromatic rings. The van der Waals surface area contributed by atoms with Gasteiger partial charge in [0.05, 0.1) is 0 Å². The zero-order valence-electron chi connectivity index (χ0n) is 12.3. The highest BCUT2D eigenvalue weighted by atomic mass is 16.2. The van der Waals surface area contributed by atoms with E-state index in [1.165, 1.54) is 11.1 Å². The Hall–Kier alpha value is -1.61. The van der Waals surface area contributed by atoms with Gasteiger partial charge in [0.1, 0.15) is 0 Å². The minimum absolute atomic E-state index is 0.293. The highest BCUT2D eigenvalue weighted by Crippen LogP contribution is 2.24. The van der Waals surface area contributed by atoms with E-state index in [1.807, 2.05) is 18.2 Å². The van der Waals surface area contributed by atoms with E-state index in [2.05, 4.69) is 35.9 Å². The summed E-state index contributed by atoms with van der Waals surface area (Å²) in [6.45, 7) is 8.32. The summed E-state index contributed by atoms with van der Waals surface area (Å²) in [5, 5.41) is 3.32. The lowest BCUT2D eigenvalue weighted by Crippen LogP contribution is -2.34. The molecule has 20 heavy (non-hydrogen) atoms. The summed E-state index contributed by atoms with van der Waals surface area (Å²) < 4.78 is 0. The van der Waals surface area contributed by atoms with Gasteiger partial charge in [0.25, 0.3) is 0 Å². The van der Waals surface area contributed by atoms with Crippen LogP contribution in [0.15, 0.2) is 36.9 Å². The van der Waals surface area contributed by atoms with Crippen LogP contribution in [-0.4, -0.2) is 29.9 Å². The molecular formula is C17H24N2O. The first-order valence-electron chi connectivity index (χ1n) is 7.38. The maximum absolute atomic E-state index is 12.1. The molecule has 3 nitrogen and oxygen atoms in total. The molecule has 1 amide bonds. The molecule has 0 spiro atoms. The van der Waals surface area contributed by atoms with Gasteiger partial charge in [0.2, 0.25) is 5.91 Å². The van der Waals surface area contributed by atoms with Crippen molar-refractivity contribution < 1.29 is 4.79 Å². The van der Waals surface area contributed by atoms with E-state index in [0.29, 0.717) is 18.4 Å². The lowest BCUT2D eigenvalue weighted by atomic mass is 10.1. The second kappa shape index (κ2) is 7.25. The van der Waals surface area contributed by atoms with Gasteiger partial charge in [-0.2, -0.15) is 0 Å². The molecule has 1 aliphatic heterocycles. The quantitative estimate of drug-likeness (QED) is 0.611. The average molecular weight is 272 g/mol. The van der Waals surface area contributed by atoms with Gasteiger partial charge in [0.15, 0.2) is 0 Å². The fourth-order valence-corrected chi connectivity index (χ4v) is 2.75. The molecule has 0 unspecified atom stereocenters. The number of carbonyl (C=O) groups is 1. The van der Waals surface area contributed by atoms with E-state index in [-0.39, 0.29) is 0 Å². The molecule has 0 bridgehead atoms. The van der Waals surface area contributed by atoms with Crippen molar-refractivity contribution in [2.45, 2.75) is 38.8 Å². The Bertz CT molecular complexity index is 470. The second-order valence-corrected chi connectivity index (χ2v) is 5.42. The summed E-state index contributed by atoms with van der Waals surface area (Å²) >= 11 is 0. The molecule has 1 aliphatic rings. The van der Waals surface area contributed by atoms with Crippen molar-refractivity contribution in [1.82, 2.24) is 10.2 Å². The van der Waals surface area contributed by atoms with Gasteiger partial charge in [-0.3, -0.25) is 4.79 Å². The first-order chi connectivity index (χ1) is 9.72. The molecule has 1 fully saturated rings. The molecular weight excluding hydrogens is 248 g/mol. The smallest absolute Gasteiger partial charge is 0.223 e. The largest absolute Gasteiger partial charge is 0.335 e. The Morgan fingerprint density at radius 1 is 1.45 bits per heavy atom. The number of nitrogens with one attached hydrogen (secondary N) is 1. The number of hydrogen-bond acceptors (Lipinski definition) is 2. The highest BCUT2D eigenvalue weighted by Gasteiger charge is 2.30. The van der Waals surface area contributed by atoms with E-state index >= 15 is 0 Å². The Morgan fingerprint density at radius 2 is 2.25 bits per heavy atom. The first kappa shape index (κ1) is 14.8. The third-order valence-electron chi connectivity index (χ3n) is 4.00. The third-order valence-corrected chi connectivity index (χ3v) is 4.00. The van der Waals surface area contributed by atoms with Crippen LogP contribution >= 0.6 is 0 Å². The Morgan fingerprint density at radius 3 is 3.00 bits per heavy atom. The van der Waals surface area contributed by atoms with E-state index in [9.17, 15) is 4.79 Å². The lowest BCUT2D eigenvalue weighted by Gasteiger charge is -2.25. The van der Waals surface area contributed by atoms with E-state index in [4.69, 9.17) is 0 Å². The third kappa shape index (κ3) is 3.70. The summed E-state index contributed by atoms with van der Waals surface area (Å²) in [6.07, 6.45) is 4.56. The van der Waals surface area contributed by atoms with Gasteiger partial charge in [-0.05, 0) is 37.4 Å². The standard InChI is InChI=1S/C17H24N2O/c1-3-11-18-12-10-16-8-9-17(20)19(16)13-15-7-5-4-6-14(15)2/h3-7,16,18H,1,8-13H2,2H3/t16-/m0/s1. The van der Waals surface area contributed by atoms with Crippen molar-refractivity contribution in [2.24, 2.45) is 0 Å². The number of benzene rings is 1. The number of hydrogen-bond donors (Lipinski definition) is 1. The lowest BCUT2D eigenvalue weighted by molar-refractivity contribution is -0.129. The van der Waals surface area contributed by atoms with Gasteiger partial charge >= 0.3 is 0 Å². The Kier molecular flexibility index (Phi) is 5.36. The van der Waals surface area contributed by atoms with Gasteiger partial charge in [-0.25, -0.2) is 0 Å². The van der Waals surface area contributed by atoms with Crippen molar-refractivity contribution in [2.75, 3.05) is 13.1 Å². The van der Waals surface area contributed by atoms with Crippen LogP contribution in [0.4, 0.5) is 0 Å². The van der Waals surface area contributed by atoms with E-state index in [1.54, 1.807) is 0 Å². The molecule has 3 heteroatoms. The average Bonchev–Trinajstić information content (AvgIpc) is 2.79. The first-order valence-corrected chi connectivity index (χ1v) is 7.38. The molecule has 1 N–H and O–H groups in total. The van der Waals surface area contributed by atoms with E-state index < -0.39 is 0 Å². The monoisotopic (exact) mass is 272 g/mol. The van der Waals surface area contributed by atoms with Crippen LogP contribution in [0.1, 0.15) is 30.4 Å². The Labute approximate surface area is 121 Å². The topological polar surface area (TPSA) is 32.3 Å². The molecule has 1 atom stereocenters. The molecule has 0 aliphatic carbocycles. The molecule has 1 saturated heterocycles. The molecule has 1 heterocycles. The van der Waals surface area contributed by atoms with Gasteiger partial charge in [0, 0.05) is 25.6 Å². The van der Waals surface area contributed by atoms with Gasteiger partial charge in [-0.1, -0.05) is 30.3 Å². The van der Waals surface area contributed by atoms with Crippen molar-refractivity contribution in [3.63, 3.8) is 0 Å². The molecule has 0 saturated carbocycles. The maximum Gasteiger partial charge on any atom is 0.223 e. The summed E-state index contributed by atoms with van der Waals surface area (Å²) in [4.78, 5) is 14.1.